The van der Waals surface area contributed by atoms with Crippen LogP contribution in [0.2, 0.25) is 0 Å². The summed E-state index contributed by atoms with van der Waals surface area (Å²) in [5.41, 5.74) is 21.8. The highest BCUT2D eigenvalue weighted by Crippen LogP contribution is 2.16. The van der Waals surface area contributed by atoms with E-state index < -0.39 is 24.2 Å². The maximum absolute atomic E-state index is 14.2. The number of rotatable bonds is 32. The van der Waals surface area contributed by atoms with Crippen LogP contribution in [0.5, 0.6) is 0 Å². The van der Waals surface area contributed by atoms with Crippen LogP contribution in [0.3, 0.4) is 0 Å². The molecule has 1 aromatic rings. The number of hydrogen-bond donors (Lipinski definition) is 10. The molecule has 59 heavy (non-hydrogen) atoms. The third-order valence-electron chi connectivity index (χ3n) is 10.0. The van der Waals surface area contributed by atoms with E-state index in [1.165, 1.54) is 0 Å². The van der Waals surface area contributed by atoms with E-state index in [0.717, 1.165) is 42.7 Å². The fourth-order valence-electron chi connectivity index (χ4n) is 6.17. The van der Waals surface area contributed by atoms with Gasteiger partial charge >= 0.3 is 0 Å². The molecule has 13 nitrogen and oxygen atoms in total. The number of carbonyl (C=O) groups excluding carboxylic acids is 3. The first-order valence-corrected chi connectivity index (χ1v) is 22.4. The molecule has 7 atom stereocenters. The highest BCUT2D eigenvalue weighted by atomic mass is 32.2. The summed E-state index contributed by atoms with van der Waals surface area (Å²) in [6.45, 7) is 33.1. The molecule has 0 aliphatic rings. The summed E-state index contributed by atoms with van der Waals surface area (Å²) >= 11 is 1.73. The van der Waals surface area contributed by atoms with Gasteiger partial charge < -0.3 is 54.4 Å². The molecule has 14 heteroatoms. The third kappa shape index (κ3) is 20.4. The van der Waals surface area contributed by atoms with Crippen molar-refractivity contribution >= 4 is 29.5 Å². The fraction of sp³-hybridized carbons (Fsp3) is 0.578. The Morgan fingerprint density at radius 3 is 1.92 bits per heavy atom. The van der Waals surface area contributed by atoms with Crippen LogP contribution in [0, 0.1) is 11.8 Å². The second-order valence-electron chi connectivity index (χ2n) is 16.1. The largest absolute Gasteiger partial charge is 0.401 e. The number of hydrogen-bond acceptors (Lipinski definition) is 11. The molecule has 0 aliphatic carbocycles. The Labute approximate surface area is 360 Å². The lowest BCUT2D eigenvalue weighted by molar-refractivity contribution is -0.131. The van der Waals surface area contributed by atoms with E-state index in [2.05, 4.69) is 84.0 Å². The summed E-state index contributed by atoms with van der Waals surface area (Å²) in [5.74, 6) is -0.0165. The van der Waals surface area contributed by atoms with Gasteiger partial charge in [-0.05, 0) is 87.8 Å². The lowest BCUT2D eigenvalue weighted by Gasteiger charge is -2.32. The van der Waals surface area contributed by atoms with Gasteiger partial charge in [0.25, 0.3) is 0 Å². The zero-order valence-corrected chi connectivity index (χ0v) is 37.9. The van der Waals surface area contributed by atoms with Gasteiger partial charge in [-0.25, -0.2) is 0 Å². The first-order valence-electron chi connectivity index (χ1n) is 21.0. The van der Waals surface area contributed by atoms with Crippen LogP contribution in [-0.2, 0) is 20.8 Å². The predicted molar refractivity (Wildman–Crippen MR) is 249 cm³/mol. The van der Waals surface area contributed by atoms with Crippen LogP contribution < -0.4 is 54.4 Å². The molecule has 1 aromatic carbocycles. The van der Waals surface area contributed by atoms with Gasteiger partial charge in [-0.2, -0.15) is 11.8 Å². The third-order valence-corrected chi connectivity index (χ3v) is 10.6. The zero-order valence-electron chi connectivity index (χ0n) is 37.1. The molecule has 0 fully saturated rings. The average molecular weight is 839 g/mol. The first kappa shape index (κ1) is 52.6. The van der Waals surface area contributed by atoms with E-state index in [-0.39, 0.29) is 54.2 Å². The molecule has 3 unspecified atom stereocenters. The number of nitrogens with two attached hydrogens (primary N) is 3. The van der Waals surface area contributed by atoms with E-state index in [0.29, 0.717) is 48.6 Å². The smallest absolute Gasteiger partial charge is 0.243 e. The van der Waals surface area contributed by atoms with Crippen molar-refractivity contribution in [2.75, 3.05) is 25.1 Å². The van der Waals surface area contributed by atoms with Gasteiger partial charge in [-0.15, -0.1) is 0 Å². The number of amides is 3. The summed E-state index contributed by atoms with van der Waals surface area (Å²) in [7, 11) is 0. The molecule has 0 spiro atoms. The molecule has 0 saturated carbocycles. The first-order chi connectivity index (χ1) is 27.8. The van der Waals surface area contributed by atoms with Crippen molar-refractivity contribution in [3.8, 4) is 0 Å². The molecule has 332 valence electrons. The minimum Gasteiger partial charge on any atom is -0.401 e. The van der Waals surface area contributed by atoms with Crippen molar-refractivity contribution in [3.05, 3.63) is 97.3 Å². The molecule has 0 saturated heterocycles. The second-order valence-corrected chi connectivity index (χ2v) is 17.1. The molecule has 3 amide bonds. The summed E-state index contributed by atoms with van der Waals surface area (Å²) in [4.78, 5) is 41.2. The van der Waals surface area contributed by atoms with Crippen molar-refractivity contribution in [1.82, 2.24) is 37.2 Å². The van der Waals surface area contributed by atoms with Crippen LogP contribution in [0.1, 0.15) is 85.6 Å². The Hall–Kier alpha value is -4.40. The maximum atomic E-state index is 14.2. The Kier molecular flexibility index (Phi) is 25.1. The number of unbranched alkanes of at least 4 members (excludes halogenated alkanes) is 1. The Bertz CT molecular complexity index is 1520. The van der Waals surface area contributed by atoms with Crippen molar-refractivity contribution in [2.45, 2.75) is 129 Å². The molecule has 0 radical (unpaired) electrons. The van der Waals surface area contributed by atoms with Gasteiger partial charge in [0, 0.05) is 34.5 Å². The van der Waals surface area contributed by atoms with E-state index in [1.54, 1.807) is 18.7 Å². The minimum atomic E-state index is -0.849. The van der Waals surface area contributed by atoms with Crippen LogP contribution in [0.4, 0.5) is 0 Å². The molecule has 13 N–H and O–H groups in total. The summed E-state index contributed by atoms with van der Waals surface area (Å²) < 4.78 is 0. The van der Waals surface area contributed by atoms with E-state index in [9.17, 15) is 14.4 Å². The second kappa shape index (κ2) is 28.1. The lowest BCUT2D eigenvalue weighted by atomic mass is 9.97. The van der Waals surface area contributed by atoms with Gasteiger partial charge in [-0.1, -0.05) is 97.8 Å². The van der Waals surface area contributed by atoms with Crippen LogP contribution >= 0.6 is 11.8 Å². The quantitative estimate of drug-likeness (QED) is 0.0469. The Morgan fingerprint density at radius 1 is 0.729 bits per heavy atom. The van der Waals surface area contributed by atoms with Crippen molar-refractivity contribution in [2.24, 2.45) is 29.0 Å². The summed E-state index contributed by atoms with van der Waals surface area (Å²) in [6.07, 6.45) is 6.74. The van der Waals surface area contributed by atoms with E-state index >= 15 is 0 Å². The normalized spacial score (nSPS) is 14.7. The molecule has 0 aliphatic heterocycles. The minimum absolute atomic E-state index is 0.168. The van der Waals surface area contributed by atoms with E-state index in [4.69, 9.17) is 17.2 Å². The van der Waals surface area contributed by atoms with Crippen LogP contribution in [0.15, 0.2) is 91.7 Å². The highest BCUT2D eigenvalue weighted by molar-refractivity contribution is 7.98. The Morgan fingerprint density at radius 2 is 1.36 bits per heavy atom. The summed E-state index contributed by atoms with van der Waals surface area (Å²) in [6, 6.07) is 6.36. The molecule has 0 aromatic heterocycles. The SMILES string of the molecule is C=C(CNC(=C)[C@H](Cc1ccccc1)NC(=O)C(NC(=O)[C@H](CC(C)C)NC(=C)[C@H](CCCCN)NC(=C)C(N)CCSC)C(C)C)N[C@@H](CC)C(=O)NC(C)C(=C)N. The molecule has 0 heterocycles. The number of nitrogens with one attached hydrogen (secondary N) is 7. The molecular weight excluding hydrogens is 761 g/mol. The van der Waals surface area contributed by atoms with Gasteiger partial charge in [0.2, 0.25) is 17.7 Å². The lowest BCUT2D eigenvalue weighted by Crippen LogP contribution is -2.57. The Balaban J connectivity index is 3.21. The van der Waals surface area contributed by atoms with Crippen molar-refractivity contribution in [3.63, 3.8) is 0 Å². The van der Waals surface area contributed by atoms with Gasteiger partial charge in [0.05, 0.1) is 24.7 Å². The van der Waals surface area contributed by atoms with Gasteiger partial charge in [0.1, 0.15) is 18.1 Å². The highest BCUT2D eigenvalue weighted by Gasteiger charge is 2.31. The van der Waals surface area contributed by atoms with Gasteiger partial charge in [0.15, 0.2) is 0 Å². The van der Waals surface area contributed by atoms with E-state index in [1.807, 2.05) is 57.4 Å². The number of thioether (sulfide) groups is 1. The van der Waals surface area contributed by atoms with Gasteiger partial charge in [-0.3, -0.25) is 14.4 Å². The number of benzene rings is 1. The van der Waals surface area contributed by atoms with Crippen LogP contribution in [0.25, 0.3) is 0 Å². The standard InChI is InChI=1S/C45H78N10O3S/c1-13-38(43(56)53-32(8)31(7)47)50-30(6)27-49-34(10)40(26-36-19-15-14-16-20-36)54-45(58)42(29(4)5)55-44(57)41(25-28(2)3)52-35(11)39(21-17-18-23-46)51-33(9)37(48)22-24-59-12/h14-16,19-20,28-29,32,37-42,49-52H,6-7,9-11,13,17-18,21-27,46-48H2,1-5,8,12H3,(H,53,56)(H,54,58)(H,55,57)/t32?,37?,38-,39-,40-,41-,42?/m0/s1. The van der Waals surface area contributed by atoms with Crippen molar-refractivity contribution in [1.29, 1.82) is 0 Å². The summed E-state index contributed by atoms with van der Waals surface area (Å²) in [5, 5.41) is 22.4. The van der Waals surface area contributed by atoms with Crippen LogP contribution in [-0.4, -0.2) is 85.1 Å². The topological polar surface area (TPSA) is 213 Å². The molecular formula is C45H78N10O3S. The zero-order chi connectivity index (χ0) is 44.7. The maximum Gasteiger partial charge on any atom is 0.243 e. The average Bonchev–Trinajstić information content (AvgIpc) is 3.18. The molecule has 1 rings (SSSR count). The molecule has 0 bridgehead atoms. The fourth-order valence-corrected chi connectivity index (χ4v) is 6.66. The monoisotopic (exact) mass is 839 g/mol. The predicted octanol–water partition coefficient (Wildman–Crippen LogP) is 4.02. The number of carbonyl (C=O) groups is 3. The van der Waals surface area contributed by atoms with Crippen molar-refractivity contribution < 1.29 is 14.4 Å².